The van der Waals surface area contributed by atoms with Crippen LogP contribution < -0.4 is 10.6 Å². The molecule has 124 valence electrons. The van der Waals surface area contributed by atoms with Gasteiger partial charge in [0.05, 0.1) is 6.04 Å². The van der Waals surface area contributed by atoms with Crippen LogP contribution in [0.3, 0.4) is 0 Å². The van der Waals surface area contributed by atoms with Crippen molar-refractivity contribution < 1.29 is 14.3 Å². The summed E-state index contributed by atoms with van der Waals surface area (Å²) >= 11 is 1.73. The molecule has 1 amide bonds. The third-order valence-corrected chi connectivity index (χ3v) is 4.95. The van der Waals surface area contributed by atoms with Gasteiger partial charge < -0.3 is 15.4 Å². The molecule has 0 aliphatic rings. The van der Waals surface area contributed by atoms with Crippen molar-refractivity contribution in [3.63, 3.8) is 0 Å². The summed E-state index contributed by atoms with van der Waals surface area (Å²) in [5.41, 5.74) is -0.0648. The molecule has 21 heavy (non-hydrogen) atoms. The molecule has 0 spiro atoms. The van der Waals surface area contributed by atoms with Gasteiger partial charge >= 0.3 is 0 Å². The van der Waals surface area contributed by atoms with Gasteiger partial charge in [-0.1, -0.05) is 13.8 Å². The second kappa shape index (κ2) is 9.30. The average molecular weight is 318 g/mol. The molecule has 0 radical (unpaired) electrons. The van der Waals surface area contributed by atoms with Crippen molar-refractivity contribution in [3.05, 3.63) is 0 Å². The Morgan fingerprint density at radius 2 is 1.95 bits per heavy atom. The van der Waals surface area contributed by atoms with Crippen molar-refractivity contribution in [1.82, 2.24) is 10.6 Å². The first-order valence-corrected chi connectivity index (χ1v) is 8.47. The molecule has 0 aromatic rings. The largest absolute Gasteiger partial charge is 0.466 e. The van der Waals surface area contributed by atoms with E-state index in [0.717, 1.165) is 12.8 Å². The normalized spacial score (nSPS) is 13.6. The van der Waals surface area contributed by atoms with E-state index in [4.69, 9.17) is 4.74 Å². The Hall–Kier alpha value is -0.750. The first-order chi connectivity index (χ1) is 9.65. The number of thioether (sulfide) groups is 1. The molecule has 0 rings (SSSR count). The SMILES string of the molecule is CNC(C)(C)CCC(=O)NC(COC=O)CC(C)(C)SC. The van der Waals surface area contributed by atoms with E-state index >= 15 is 0 Å². The topological polar surface area (TPSA) is 67.4 Å². The molecule has 0 heterocycles. The second-order valence-electron chi connectivity index (χ2n) is 6.50. The van der Waals surface area contributed by atoms with Crippen LogP contribution in [0.1, 0.15) is 47.0 Å². The predicted octanol–water partition coefficient (Wildman–Crippen LogP) is 1.95. The summed E-state index contributed by atoms with van der Waals surface area (Å²) in [7, 11) is 1.89. The van der Waals surface area contributed by atoms with E-state index < -0.39 is 0 Å². The standard InChI is InChI=1S/C15H30N2O3S/c1-14(2,16-5)8-7-13(19)17-12(10-20-11-18)9-15(3,4)21-6/h11-12,16H,7-10H2,1-6H3,(H,17,19). The van der Waals surface area contributed by atoms with Gasteiger partial charge in [-0.3, -0.25) is 9.59 Å². The molecule has 1 unspecified atom stereocenters. The molecule has 0 aromatic carbocycles. The van der Waals surface area contributed by atoms with Crippen LogP contribution in [-0.2, 0) is 14.3 Å². The summed E-state index contributed by atoms with van der Waals surface area (Å²) < 4.78 is 4.86. The maximum atomic E-state index is 12.1. The summed E-state index contributed by atoms with van der Waals surface area (Å²) in [6.07, 6.45) is 3.99. The highest BCUT2D eigenvalue weighted by atomic mass is 32.2. The summed E-state index contributed by atoms with van der Waals surface area (Å²) in [5, 5.41) is 6.15. The van der Waals surface area contributed by atoms with E-state index in [1.165, 1.54) is 0 Å². The van der Waals surface area contributed by atoms with Crippen molar-refractivity contribution in [2.24, 2.45) is 0 Å². The van der Waals surface area contributed by atoms with E-state index in [2.05, 4.69) is 38.3 Å². The Labute approximate surface area is 133 Å². The van der Waals surface area contributed by atoms with E-state index in [0.29, 0.717) is 12.9 Å². The maximum absolute atomic E-state index is 12.1. The second-order valence-corrected chi connectivity index (χ2v) is 8.01. The third kappa shape index (κ3) is 9.74. The van der Waals surface area contributed by atoms with Gasteiger partial charge in [-0.2, -0.15) is 11.8 Å². The summed E-state index contributed by atoms with van der Waals surface area (Å²) in [4.78, 5) is 22.4. The van der Waals surface area contributed by atoms with Gasteiger partial charge in [-0.15, -0.1) is 0 Å². The third-order valence-electron chi connectivity index (χ3n) is 3.67. The van der Waals surface area contributed by atoms with Crippen molar-refractivity contribution >= 4 is 24.1 Å². The fourth-order valence-electron chi connectivity index (χ4n) is 1.83. The molecule has 0 fully saturated rings. The molecule has 1 atom stereocenters. The molecule has 0 aliphatic carbocycles. The average Bonchev–Trinajstić information content (AvgIpc) is 2.42. The number of rotatable bonds is 11. The predicted molar refractivity (Wildman–Crippen MR) is 88.5 cm³/mol. The molecular formula is C15H30N2O3S. The van der Waals surface area contributed by atoms with E-state index in [-0.39, 0.29) is 28.8 Å². The zero-order valence-electron chi connectivity index (χ0n) is 14.1. The van der Waals surface area contributed by atoms with Crippen molar-refractivity contribution in [2.75, 3.05) is 19.9 Å². The number of hydrogen-bond acceptors (Lipinski definition) is 5. The van der Waals surface area contributed by atoms with Crippen molar-refractivity contribution in [2.45, 2.75) is 63.3 Å². The van der Waals surface area contributed by atoms with E-state index in [1.807, 2.05) is 13.3 Å². The highest BCUT2D eigenvalue weighted by molar-refractivity contribution is 7.99. The number of carbonyl (C=O) groups is 2. The Kier molecular flexibility index (Phi) is 8.97. The quantitative estimate of drug-likeness (QED) is 0.570. The van der Waals surface area contributed by atoms with Crippen LogP contribution in [0.5, 0.6) is 0 Å². The highest BCUT2D eigenvalue weighted by Gasteiger charge is 2.25. The molecule has 0 saturated heterocycles. The van der Waals surface area contributed by atoms with Gasteiger partial charge in [0.1, 0.15) is 6.61 Å². The monoisotopic (exact) mass is 318 g/mol. The van der Waals surface area contributed by atoms with Crippen LogP contribution >= 0.6 is 11.8 Å². The first kappa shape index (κ1) is 20.2. The minimum atomic E-state index is -0.150. The summed E-state index contributed by atoms with van der Waals surface area (Å²) in [6.45, 7) is 8.99. The molecule has 0 bridgehead atoms. The first-order valence-electron chi connectivity index (χ1n) is 7.24. The van der Waals surface area contributed by atoms with E-state index in [9.17, 15) is 9.59 Å². The van der Waals surface area contributed by atoms with Crippen LogP contribution in [0.15, 0.2) is 0 Å². The number of carbonyl (C=O) groups excluding carboxylic acids is 2. The summed E-state index contributed by atoms with van der Waals surface area (Å²) in [5.74, 6) is -0.00488. The minimum absolute atomic E-state index is 0.00488. The highest BCUT2D eigenvalue weighted by Crippen LogP contribution is 2.27. The van der Waals surface area contributed by atoms with Crippen LogP contribution in [-0.4, -0.2) is 48.6 Å². The minimum Gasteiger partial charge on any atom is -0.466 e. The van der Waals surface area contributed by atoms with Gasteiger partial charge in [0.15, 0.2) is 0 Å². The lowest BCUT2D eigenvalue weighted by Crippen LogP contribution is -2.43. The van der Waals surface area contributed by atoms with Crippen molar-refractivity contribution in [3.8, 4) is 0 Å². The maximum Gasteiger partial charge on any atom is 0.293 e. The molecule has 2 N–H and O–H groups in total. The fraction of sp³-hybridized carbons (Fsp3) is 0.867. The molecule has 5 nitrogen and oxygen atoms in total. The Balaban J connectivity index is 4.45. The molecule has 0 saturated carbocycles. The van der Waals surface area contributed by atoms with Gasteiger partial charge in [0.2, 0.25) is 5.91 Å². The zero-order valence-corrected chi connectivity index (χ0v) is 14.9. The molecule has 0 aromatic heterocycles. The Bertz CT molecular complexity index is 333. The Morgan fingerprint density at radius 3 is 2.43 bits per heavy atom. The van der Waals surface area contributed by atoms with Gasteiger partial charge in [0, 0.05) is 16.7 Å². The summed E-state index contributed by atoms with van der Waals surface area (Å²) in [6, 6.07) is -0.150. The van der Waals surface area contributed by atoms with Gasteiger partial charge in [0.25, 0.3) is 6.47 Å². The molecule has 0 aliphatic heterocycles. The zero-order chi connectivity index (χ0) is 16.5. The van der Waals surface area contributed by atoms with E-state index in [1.54, 1.807) is 11.8 Å². The lowest BCUT2D eigenvalue weighted by molar-refractivity contribution is -0.131. The molecule has 6 heteroatoms. The number of hydrogen-bond donors (Lipinski definition) is 2. The lowest BCUT2D eigenvalue weighted by atomic mass is 9.98. The number of nitrogens with one attached hydrogen (secondary N) is 2. The Morgan fingerprint density at radius 1 is 1.33 bits per heavy atom. The lowest BCUT2D eigenvalue weighted by Gasteiger charge is -2.29. The van der Waals surface area contributed by atoms with Gasteiger partial charge in [-0.25, -0.2) is 0 Å². The fourth-order valence-corrected chi connectivity index (χ4v) is 2.20. The smallest absolute Gasteiger partial charge is 0.293 e. The number of ether oxygens (including phenoxy) is 1. The number of amides is 1. The van der Waals surface area contributed by atoms with Crippen LogP contribution in [0.4, 0.5) is 0 Å². The van der Waals surface area contributed by atoms with Crippen LogP contribution in [0, 0.1) is 0 Å². The van der Waals surface area contributed by atoms with Crippen LogP contribution in [0.2, 0.25) is 0 Å². The van der Waals surface area contributed by atoms with Gasteiger partial charge in [-0.05, 0) is 40.0 Å². The van der Waals surface area contributed by atoms with Crippen LogP contribution in [0.25, 0.3) is 0 Å². The molecular weight excluding hydrogens is 288 g/mol. The van der Waals surface area contributed by atoms with Crippen molar-refractivity contribution in [1.29, 1.82) is 0 Å².